The Morgan fingerprint density at radius 2 is 1.87 bits per heavy atom. The average Bonchev–Trinajstić information content (AvgIpc) is 3.50. The summed E-state index contributed by atoms with van der Waals surface area (Å²) in [5, 5.41) is 11.0. The molecule has 2 saturated heterocycles. The fourth-order valence-corrected chi connectivity index (χ4v) is 6.31. The number of H-pyrrole nitrogens is 2. The van der Waals surface area contributed by atoms with Crippen molar-refractivity contribution in [3.63, 3.8) is 0 Å². The Morgan fingerprint density at radius 1 is 1.13 bits per heavy atom. The Balaban J connectivity index is 1.48. The van der Waals surface area contributed by atoms with Crippen molar-refractivity contribution in [1.82, 2.24) is 18.7 Å². The minimum Gasteiger partial charge on any atom is -0.501 e. The molecule has 0 saturated carbocycles. The zero-order valence-corrected chi connectivity index (χ0v) is 22.5. The van der Waals surface area contributed by atoms with Crippen molar-refractivity contribution in [2.75, 3.05) is 55.6 Å². The van der Waals surface area contributed by atoms with E-state index >= 15 is 0 Å². The van der Waals surface area contributed by atoms with Gasteiger partial charge in [0.2, 0.25) is 11.4 Å². The van der Waals surface area contributed by atoms with Crippen molar-refractivity contribution in [1.29, 1.82) is 0 Å². The van der Waals surface area contributed by atoms with Gasteiger partial charge in [-0.15, -0.1) is 0 Å². The number of nitrogens with one attached hydrogen (secondary N) is 2. The summed E-state index contributed by atoms with van der Waals surface area (Å²) in [7, 11) is -2.28. The monoisotopic (exact) mass is 552 g/mol. The summed E-state index contributed by atoms with van der Waals surface area (Å²) in [6.45, 7) is 4.75. The average molecular weight is 553 g/mol. The number of likely N-dealkylation sites (N-methyl/N-ethyl adjacent to an activating group) is 1. The van der Waals surface area contributed by atoms with Gasteiger partial charge in [0.25, 0.3) is 0 Å². The summed E-state index contributed by atoms with van der Waals surface area (Å²) in [6, 6.07) is 9.90. The first-order valence-corrected chi connectivity index (χ1v) is 14.1. The van der Waals surface area contributed by atoms with Crippen LogP contribution in [-0.2, 0) is 21.4 Å². The molecule has 4 aromatic rings. The molecule has 2 aliphatic heterocycles. The van der Waals surface area contributed by atoms with Crippen LogP contribution in [0, 0.1) is 6.92 Å². The molecule has 204 valence electrons. The van der Waals surface area contributed by atoms with Crippen LogP contribution in [0.2, 0.25) is 0 Å². The molecule has 0 spiro atoms. The molecule has 13 heteroatoms. The zero-order chi connectivity index (χ0) is 27.3. The highest BCUT2D eigenvalue weighted by Gasteiger charge is 2.36. The maximum absolute atomic E-state index is 13.5. The maximum Gasteiger partial charge on any atom is 0.307 e. The standard InChI is InChI=1S/C26H29N7O5S/c1-17-3-5-18(6-4-17)13-19-15-27-24(28-19)22-23(34)26(35)32-16-20(31-9-11-38-12-10-31)14-21(25(32)29-22)33-8-7-30(2)39(33,36)37/h3-6,14-16,34H,7-13H2,1-2H3,(H,27,28)/p+1. The number of nitrogens with zero attached hydrogens (tertiary/aromatic N) is 5. The number of aromatic nitrogens is 4. The molecule has 2 fully saturated rings. The van der Waals surface area contributed by atoms with Gasteiger partial charge < -0.3 is 14.7 Å². The van der Waals surface area contributed by atoms with E-state index in [-0.39, 0.29) is 23.6 Å². The fourth-order valence-electron chi connectivity index (χ4n) is 4.97. The predicted octanol–water partition coefficient (Wildman–Crippen LogP) is 0.942. The van der Waals surface area contributed by atoms with Crippen molar-refractivity contribution in [3.8, 4) is 17.3 Å². The quantitative estimate of drug-likeness (QED) is 0.376. The van der Waals surface area contributed by atoms with Gasteiger partial charge in [-0.3, -0.25) is 13.5 Å². The minimum atomic E-state index is -3.80. The third-order valence-corrected chi connectivity index (χ3v) is 9.14. The van der Waals surface area contributed by atoms with Gasteiger partial charge in [-0.05, 0) is 18.6 Å². The molecule has 5 heterocycles. The van der Waals surface area contributed by atoms with E-state index in [4.69, 9.17) is 4.74 Å². The van der Waals surface area contributed by atoms with Crippen molar-refractivity contribution < 1.29 is 23.2 Å². The number of morpholine rings is 1. The molecule has 0 amide bonds. The summed E-state index contributed by atoms with van der Waals surface area (Å²) in [5.41, 5.74) is 3.47. The summed E-state index contributed by atoms with van der Waals surface area (Å²) in [4.78, 5) is 26.5. The summed E-state index contributed by atoms with van der Waals surface area (Å²) in [6.07, 6.45) is 3.97. The smallest absolute Gasteiger partial charge is 0.307 e. The summed E-state index contributed by atoms with van der Waals surface area (Å²) >= 11 is 0. The van der Waals surface area contributed by atoms with Gasteiger partial charge in [-0.1, -0.05) is 29.8 Å². The number of imidazole rings is 1. The lowest BCUT2D eigenvalue weighted by atomic mass is 10.1. The van der Waals surface area contributed by atoms with Crippen LogP contribution in [0.3, 0.4) is 0 Å². The van der Waals surface area contributed by atoms with E-state index in [9.17, 15) is 18.3 Å². The molecule has 6 rings (SSSR count). The van der Waals surface area contributed by atoms with E-state index in [1.54, 1.807) is 18.5 Å². The van der Waals surface area contributed by atoms with E-state index in [2.05, 4.69) is 15.0 Å². The van der Waals surface area contributed by atoms with E-state index in [0.29, 0.717) is 50.8 Å². The molecule has 0 aliphatic carbocycles. The molecule has 0 radical (unpaired) electrons. The van der Waals surface area contributed by atoms with Crippen molar-refractivity contribution in [2.45, 2.75) is 13.3 Å². The Labute approximate surface area is 225 Å². The molecule has 3 aromatic heterocycles. The van der Waals surface area contributed by atoms with Crippen LogP contribution < -0.4 is 19.7 Å². The number of ether oxygens (including phenoxy) is 1. The van der Waals surface area contributed by atoms with Gasteiger partial charge in [0.05, 0.1) is 24.6 Å². The number of aryl methyl sites for hydroxylation is 1. The number of aromatic amines is 2. The molecule has 0 bridgehead atoms. The largest absolute Gasteiger partial charge is 0.501 e. The van der Waals surface area contributed by atoms with E-state index in [1.807, 2.05) is 36.1 Å². The van der Waals surface area contributed by atoms with Crippen LogP contribution >= 0.6 is 0 Å². The highest BCUT2D eigenvalue weighted by atomic mass is 32.2. The topological polar surface area (TPSA) is 138 Å². The lowest BCUT2D eigenvalue weighted by molar-refractivity contribution is -0.362. The Hall–Kier alpha value is -3.94. The first kappa shape index (κ1) is 25.3. The number of hydrogen-bond donors (Lipinski definition) is 2. The first-order valence-electron chi connectivity index (χ1n) is 12.7. The van der Waals surface area contributed by atoms with Gasteiger partial charge in [0.1, 0.15) is 11.9 Å². The second-order valence-corrected chi connectivity index (χ2v) is 11.8. The second-order valence-electron chi connectivity index (χ2n) is 9.87. The first-order chi connectivity index (χ1) is 18.7. The van der Waals surface area contributed by atoms with E-state index in [0.717, 1.165) is 11.3 Å². The highest BCUT2D eigenvalue weighted by molar-refractivity contribution is 7.90. The Morgan fingerprint density at radius 3 is 2.56 bits per heavy atom. The number of aromatic hydroxyl groups is 1. The maximum atomic E-state index is 13.5. The Kier molecular flexibility index (Phi) is 6.28. The molecule has 1 aromatic carbocycles. The molecule has 2 aliphatic rings. The van der Waals surface area contributed by atoms with Gasteiger partial charge in [0.15, 0.2) is 5.65 Å². The SMILES string of the molecule is Cc1ccc(Cc2c[nH+]c(-c3nc4c(N5CCN(C)S5(=O)=O)cc(N5CCOCC5)cn4c(=O)c3O)[nH]2)cc1. The molecule has 3 N–H and O–H groups in total. The van der Waals surface area contributed by atoms with Crippen LogP contribution in [-0.4, -0.2) is 78.6 Å². The van der Waals surface area contributed by atoms with Crippen molar-refractivity contribution >= 4 is 27.2 Å². The van der Waals surface area contributed by atoms with Gasteiger partial charge >= 0.3 is 21.6 Å². The highest BCUT2D eigenvalue weighted by Crippen LogP contribution is 2.33. The third-order valence-electron chi connectivity index (χ3n) is 7.23. The zero-order valence-electron chi connectivity index (χ0n) is 21.7. The van der Waals surface area contributed by atoms with Gasteiger partial charge in [0, 0.05) is 45.8 Å². The number of rotatable bonds is 5. The lowest BCUT2D eigenvalue weighted by Gasteiger charge is -2.30. The number of pyridine rings is 1. The predicted molar refractivity (Wildman–Crippen MR) is 145 cm³/mol. The number of hydrogen-bond acceptors (Lipinski definition) is 7. The van der Waals surface area contributed by atoms with E-state index in [1.165, 1.54) is 25.6 Å². The normalized spacial score (nSPS) is 17.8. The Bertz CT molecular complexity index is 1710. The number of anilines is 2. The van der Waals surface area contributed by atoms with Crippen LogP contribution in [0.25, 0.3) is 17.2 Å². The minimum absolute atomic E-state index is 0.0143. The molecule has 0 atom stereocenters. The van der Waals surface area contributed by atoms with Crippen LogP contribution in [0.5, 0.6) is 5.75 Å². The molecular weight excluding hydrogens is 522 g/mol. The van der Waals surface area contributed by atoms with Crippen molar-refractivity contribution in [3.05, 3.63) is 69.9 Å². The van der Waals surface area contributed by atoms with E-state index < -0.39 is 21.5 Å². The number of benzene rings is 1. The summed E-state index contributed by atoms with van der Waals surface area (Å²) < 4.78 is 35.6. The third kappa shape index (κ3) is 4.51. The number of fused-ring (bicyclic) bond motifs is 1. The second kappa shape index (κ2) is 9.67. The molecular formula is C26H30N7O5S+. The van der Waals surface area contributed by atoms with Crippen LogP contribution in [0.15, 0.2) is 47.5 Å². The van der Waals surface area contributed by atoms with Crippen LogP contribution in [0.1, 0.15) is 16.8 Å². The lowest BCUT2D eigenvalue weighted by Crippen LogP contribution is -2.37. The van der Waals surface area contributed by atoms with Crippen molar-refractivity contribution in [2.24, 2.45) is 0 Å². The molecule has 39 heavy (non-hydrogen) atoms. The van der Waals surface area contributed by atoms with Crippen LogP contribution in [0.4, 0.5) is 11.4 Å². The molecule has 0 unspecified atom stereocenters. The molecule has 12 nitrogen and oxygen atoms in total. The summed E-state index contributed by atoms with van der Waals surface area (Å²) in [5.74, 6) is -0.197. The fraction of sp³-hybridized carbons (Fsp3) is 0.346. The van der Waals surface area contributed by atoms with Gasteiger partial charge in [-0.2, -0.15) is 12.7 Å². The van der Waals surface area contributed by atoms with Gasteiger partial charge in [-0.25, -0.2) is 15.0 Å².